The van der Waals surface area contributed by atoms with Crippen molar-refractivity contribution in [3.8, 4) is 5.75 Å². The summed E-state index contributed by atoms with van der Waals surface area (Å²) < 4.78 is 29.0. The molecular formula is C11H15ClO3S. The van der Waals surface area contributed by atoms with Gasteiger partial charge in [0.2, 0.25) is 0 Å². The van der Waals surface area contributed by atoms with Crippen LogP contribution in [0.1, 0.15) is 12.8 Å². The Bertz CT molecular complexity index is 429. The van der Waals surface area contributed by atoms with Gasteiger partial charge in [0, 0.05) is 5.88 Å². The van der Waals surface area contributed by atoms with Crippen LogP contribution in [0.3, 0.4) is 0 Å². The van der Waals surface area contributed by atoms with E-state index in [1.807, 2.05) is 0 Å². The van der Waals surface area contributed by atoms with Gasteiger partial charge in [-0.15, -0.1) is 11.6 Å². The number of methoxy groups -OCH3 is 1. The number of hydrogen-bond acceptors (Lipinski definition) is 3. The minimum Gasteiger partial charge on any atom is -0.495 e. The van der Waals surface area contributed by atoms with E-state index in [1.165, 1.54) is 7.11 Å². The number of ether oxygens (including phenoxy) is 1. The van der Waals surface area contributed by atoms with Crippen LogP contribution in [-0.4, -0.2) is 27.2 Å². The largest absolute Gasteiger partial charge is 0.495 e. The van der Waals surface area contributed by atoms with E-state index >= 15 is 0 Å². The maximum Gasteiger partial charge on any atom is 0.182 e. The Morgan fingerprint density at radius 1 is 1.25 bits per heavy atom. The number of hydrogen-bond donors (Lipinski definition) is 0. The van der Waals surface area contributed by atoms with Gasteiger partial charge in [-0.05, 0) is 25.0 Å². The molecule has 16 heavy (non-hydrogen) atoms. The molecule has 5 heteroatoms. The van der Waals surface area contributed by atoms with Crippen LogP contribution >= 0.6 is 11.6 Å². The van der Waals surface area contributed by atoms with Gasteiger partial charge in [-0.2, -0.15) is 0 Å². The maximum atomic E-state index is 12.0. The number of benzene rings is 1. The second-order valence-electron chi connectivity index (χ2n) is 3.37. The minimum atomic E-state index is -3.26. The van der Waals surface area contributed by atoms with Crippen LogP contribution in [0.2, 0.25) is 0 Å². The Labute approximate surface area is 101 Å². The molecule has 90 valence electrons. The summed E-state index contributed by atoms with van der Waals surface area (Å²) in [6, 6.07) is 6.65. The predicted molar refractivity (Wildman–Crippen MR) is 65.0 cm³/mol. The molecule has 0 aliphatic rings. The van der Waals surface area contributed by atoms with E-state index in [-0.39, 0.29) is 10.6 Å². The van der Waals surface area contributed by atoms with Gasteiger partial charge in [0.25, 0.3) is 0 Å². The first-order valence-corrected chi connectivity index (χ1v) is 7.22. The SMILES string of the molecule is COc1ccccc1S(=O)(=O)CCCCCl. The summed E-state index contributed by atoms with van der Waals surface area (Å²) in [6.07, 6.45) is 1.28. The molecule has 1 rings (SSSR count). The van der Waals surface area contributed by atoms with Gasteiger partial charge < -0.3 is 4.74 Å². The molecule has 0 atom stereocenters. The number of sulfone groups is 1. The lowest BCUT2D eigenvalue weighted by Crippen LogP contribution is -2.08. The van der Waals surface area contributed by atoms with Crippen LogP contribution in [0.5, 0.6) is 5.75 Å². The molecule has 0 fully saturated rings. The summed E-state index contributed by atoms with van der Waals surface area (Å²) in [6.45, 7) is 0. The summed E-state index contributed by atoms with van der Waals surface area (Å²) in [4.78, 5) is 0.257. The molecule has 0 spiro atoms. The molecule has 0 bridgehead atoms. The molecule has 0 heterocycles. The van der Waals surface area contributed by atoms with Crippen molar-refractivity contribution < 1.29 is 13.2 Å². The Kier molecular flexibility index (Phi) is 5.09. The fourth-order valence-electron chi connectivity index (χ4n) is 1.37. The van der Waals surface area contributed by atoms with E-state index in [0.29, 0.717) is 24.5 Å². The van der Waals surface area contributed by atoms with E-state index < -0.39 is 9.84 Å². The highest BCUT2D eigenvalue weighted by Gasteiger charge is 2.18. The van der Waals surface area contributed by atoms with Crippen molar-refractivity contribution >= 4 is 21.4 Å². The summed E-state index contributed by atoms with van der Waals surface area (Å²) in [7, 11) is -1.79. The highest BCUT2D eigenvalue weighted by Crippen LogP contribution is 2.24. The van der Waals surface area contributed by atoms with E-state index in [4.69, 9.17) is 16.3 Å². The van der Waals surface area contributed by atoms with Gasteiger partial charge in [0.05, 0.1) is 12.9 Å². The molecule has 0 saturated heterocycles. The minimum absolute atomic E-state index is 0.111. The first-order valence-electron chi connectivity index (χ1n) is 5.03. The Morgan fingerprint density at radius 3 is 2.56 bits per heavy atom. The Balaban J connectivity index is 2.89. The monoisotopic (exact) mass is 262 g/mol. The third-order valence-corrected chi connectivity index (χ3v) is 4.30. The van der Waals surface area contributed by atoms with Gasteiger partial charge in [-0.1, -0.05) is 12.1 Å². The summed E-state index contributed by atoms with van der Waals surface area (Å²) in [5, 5.41) is 0. The molecule has 0 aromatic heterocycles. The van der Waals surface area contributed by atoms with Crippen molar-refractivity contribution in [1.29, 1.82) is 0 Å². The van der Waals surface area contributed by atoms with Gasteiger partial charge in [0.1, 0.15) is 10.6 Å². The normalized spacial score (nSPS) is 11.4. The van der Waals surface area contributed by atoms with E-state index in [9.17, 15) is 8.42 Å². The second kappa shape index (κ2) is 6.11. The molecule has 0 N–H and O–H groups in total. The quantitative estimate of drug-likeness (QED) is 0.584. The molecule has 0 aliphatic carbocycles. The fourth-order valence-corrected chi connectivity index (χ4v) is 3.11. The number of unbranched alkanes of at least 4 members (excludes halogenated alkanes) is 1. The standard InChI is InChI=1S/C11H15ClO3S/c1-15-10-6-2-3-7-11(10)16(13,14)9-5-4-8-12/h2-3,6-7H,4-5,8-9H2,1H3. The van der Waals surface area contributed by atoms with Gasteiger partial charge in [0.15, 0.2) is 9.84 Å². The highest BCUT2D eigenvalue weighted by atomic mass is 35.5. The zero-order chi connectivity index (χ0) is 12.0. The smallest absolute Gasteiger partial charge is 0.182 e. The van der Waals surface area contributed by atoms with Crippen LogP contribution in [0.25, 0.3) is 0 Å². The van der Waals surface area contributed by atoms with Gasteiger partial charge in [-0.25, -0.2) is 8.42 Å². The number of para-hydroxylation sites is 1. The number of rotatable bonds is 6. The number of alkyl halides is 1. The van der Waals surface area contributed by atoms with Crippen LogP contribution in [0.15, 0.2) is 29.2 Å². The zero-order valence-corrected chi connectivity index (χ0v) is 10.7. The van der Waals surface area contributed by atoms with Crippen molar-refractivity contribution in [1.82, 2.24) is 0 Å². The summed E-state index contributed by atoms with van der Waals surface area (Å²) in [5.41, 5.74) is 0. The highest BCUT2D eigenvalue weighted by molar-refractivity contribution is 7.91. The second-order valence-corrected chi connectivity index (χ2v) is 5.82. The van der Waals surface area contributed by atoms with Crippen molar-refractivity contribution in [3.63, 3.8) is 0 Å². The van der Waals surface area contributed by atoms with Crippen LogP contribution in [-0.2, 0) is 9.84 Å². The third kappa shape index (κ3) is 3.39. The van der Waals surface area contributed by atoms with Crippen LogP contribution < -0.4 is 4.74 Å². The molecule has 0 radical (unpaired) electrons. The topological polar surface area (TPSA) is 43.4 Å². The van der Waals surface area contributed by atoms with E-state index in [2.05, 4.69) is 0 Å². The first-order chi connectivity index (χ1) is 7.61. The first kappa shape index (κ1) is 13.3. The fraction of sp³-hybridized carbons (Fsp3) is 0.455. The predicted octanol–water partition coefficient (Wildman–Crippen LogP) is 2.49. The average molecular weight is 263 g/mol. The molecule has 1 aromatic carbocycles. The van der Waals surface area contributed by atoms with Crippen LogP contribution in [0.4, 0.5) is 0 Å². The third-order valence-electron chi connectivity index (χ3n) is 2.20. The van der Waals surface area contributed by atoms with Crippen molar-refractivity contribution in [2.24, 2.45) is 0 Å². The lowest BCUT2D eigenvalue weighted by molar-refractivity contribution is 0.402. The Hall–Kier alpha value is -0.740. The van der Waals surface area contributed by atoms with Gasteiger partial charge in [-0.3, -0.25) is 0 Å². The van der Waals surface area contributed by atoms with Crippen molar-refractivity contribution in [2.45, 2.75) is 17.7 Å². The average Bonchev–Trinajstić information content (AvgIpc) is 2.29. The van der Waals surface area contributed by atoms with Gasteiger partial charge >= 0.3 is 0 Å². The molecule has 0 aliphatic heterocycles. The number of halogens is 1. The van der Waals surface area contributed by atoms with Crippen molar-refractivity contribution in [2.75, 3.05) is 18.7 Å². The lowest BCUT2D eigenvalue weighted by Gasteiger charge is -2.08. The van der Waals surface area contributed by atoms with E-state index in [0.717, 1.165) is 0 Å². The van der Waals surface area contributed by atoms with E-state index in [1.54, 1.807) is 24.3 Å². The van der Waals surface area contributed by atoms with Crippen molar-refractivity contribution in [3.05, 3.63) is 24.3 Å². The molecule has 0 unspecified atom stereocenters. The Morgan fingerprint density at radius 2 is 1.94 bits per heavy atom. The summed E-state index contributed by atoms with van der Waals surface area (Å²) >= 11 is 5.52. The molecule has 1 aromatic rings. The van der Waals surface area contributed by atoms with Crippen LogP contribution in [0, 0.1) is 0 Å². The maximum absolute atomic E-state index is 12.0. The molecule has 0 amide bonds. The molecular weight excluding hydrogens is 248 g/mol. The summed E-state index contributed by atoms with van der Waals surface area (Å²) in [5.74, 6) is 0.995. The molecule has 0 saturated carbocycles. The zero-order valence-electron chi connectivity index (χ0n) is 9.15. The lowest BCUT2D eigenvalue weighted by atomic mass is 10.3. The molecule has 3 nitrogen and oxygen atoms in total.